The SMILES string of the molecule is [CH]CS(=O)(=O)C[CH2-].[Rb+]. The van der Waals surface area contributed by atoms with Crippen LogP contribution in [-0.4, -0.2) is 19.9 Å². The molecule has 0 heterocycles. The second kappa shape index (κ2) is 5.53. The minimum absolute atomic E-state index is 0. The van der Waals surface area contributed by atoms with Crippen LogP contribution in [0.15, 0.2) is 0 Å². The van der Waals surface area contributed by atoms with E-state index in [2.05, 4.69) is 6.92 Å². The van der Waals surface area contributed by atoms with Crippen molar-refractivity contribution >= 4 is 9.84 Å². The van der Waals surface area contributed by atoms with E-state index in [0.29, 0.717) is 0 Å². The van der Waals surface area contributed by atoms with E-state index in [1.807, 2.05) is 0 Å². The molecule has 0 aromatic rings. The van der Waals surface area contributed by atoms with Crippen molar-refractivity contribution in [2.24, 2.45) is 0 Å². The summed E-state index contributed by atoms with van der Waals surface area (Å²) in [5, 5.41) is 0. The fourth-order valence-electron chi connectivity index (χ4n) is 0.0833. The van der Waals surface area contributed by atoms with Crippen molar-refractivity contribution in [3.63, 3.8) is 0 Å². The minimum Gasteiger partial charge on any atom is -0.329 e. The summed E-state index contributed by atoms with van der Waals surface area (Å²) in [6.07, 6.45) is 0. The molecular formula is C4H7O2RbS. The first-order chi connectivity index (χ1) is 3.12. The van der Waals surface area contributed by atoms with Crippen LogP contribution in [0.25, 0.3) is 0 Å². The van der Waals surface area contributed by atoms with Gasteiger partial charge in [-0.15, -0.1) is 0 Å². The van der Waals surface area contributed by atoms with Crippen LogP contribution in [-0.2, 0) is 9.84 Å². The second-order valence-electron chi connectivity index (χ2n) is 1.11. The predicted molar refractivity (Wildman–Crippen MR) is 28.3 cm³/mol. The van der Waals surface area contributed by atoms with Crippen LogP contribution in [0, 0.1) is 13.8 Å². The van der Waals surface area contributed by atoms with Gasteiger partial charge < -0.3 is 6.92 Å². The molecule has 0 aromatic carbocycles. The zero-order chi connectivity index (χ0) is 5.91. The van der Waals surface area contributed by atoms with Crippen LogP contribution in [0.4, 0.5) is 0 Å². The van der Waals surface area contributed by atoms with Gasteiger partial charge in [-0.2, -0.15) is 0 Å². The van der Waals surface area contributed by atoms with Gasteiger partial charge in [0.25, 0.3) is 0 Å². The average molecular weight is 205 g/mol. The molecule has 2 radical (unpaired) electrons. The maximum absolute atomic E-state index is 10.2. The minimum atomic E-state index is -2.99. The fourth-order valence-corrected chi connectivity index (χ4v) is 0.250. The quantitative estimate of drug-likeness (QED) is 0.448. The van der Waals surface area contributed by atoms with E-state index in [4.69, 9.17) is 6.92 Å². The van der Waals surface area contributed by atoms with Crippen LogP contribution >= 0.6 is 0 Å². The van der Waals surface area contributed by atoms with Crippen molar-refractivity contribution in [3.8, 4) is 0 Å². The summed E-state index contributed by atoms with van der Waals surface area (Å²) in [4.78, 5) is 0. The Labute approximate surface area is 99.8 Å². The molecule has 0 amide bonds. The Bertz CT molecular complexity index is 117. The Morgan fingerprint density at radius 1 is 1.50 bits per heavy atom. The normalized spacial score (nSPS) is 10.2. The first-order valence-electron chi connectivity index (χ1n) is 1.82. The summed E-state index contributed by atoms with van der Waals surface area (Å²) < 4.78 is 20.4. The third-order valence-electron chi connectivity index (χ3n) is 0.565. The molecule has 0 saturated heterocycles. The molecule has 0 unspecified atom stereocenters. The molecule has 0 aliphatic carbocycles. The molecule has 0 saturated carbocycles. The van der Waals surface area contributed by atoms with E-state index in [0.717, 1.165) is 0 Å². The molecule has 0 N–H and O–H groups in total. The molecule has 0 spiro atoms. The average Bonchev–Trinajstić information content (AvgIpc) is 1.68. The first-order valence-corrected chi connectivity index (χ1v) is 3.64. The van der Waals surface area contributed by atoms with E-state index in [1.54, 1.807) is 0 Å². The van der Waals surface area contributed by atoms with Crippen molar-refractivity contribution < 1.29 is 66.6 Å². The van der Waals surface area contributed by atoms with Crippen LogP contribution < -0.4 is 58.2 Å². The molecule has 0 atom stereocenters. The zero-order valence-corrected chi connectivity index (χ0v) is 10.7. The number of hydrogen-bond donors (Lipinski definition) is 0. The molecule has 2 nitrogen and oxygen atoms in total. The third-order valence-corrected chi connectivity index (χ3v) is 1.69. The van der Waals surface area contributed by atoms with Crippen LogP contribution in [0.2, 0.25) is 0 Å². The van der Waals surface area contributed by atoms with Crippen LogP contribution in [0.1, 0.15) is 0 Å². The molecular weight excluding hydrogens is 198 g/mol. The van der Waals surface area contributed by atoms with E-state index >= 15 is 0 Å². The van der Waals surface area contributed by atoms with Crippen molar-refractivity contribution in [3.05, 3.63) is 13.8 Å². The Balaban J connectivity index is 0. The molecule has 8 heavy (non-hydrogen) atoms. The molecule has 0 aromatic heterocycles. The number of sulfone groups is 1. The third kappa shape index (κ3) is 5.88. The van der Waals surface area contributed by atoms with E-state index < -0.39 is 9.84 Å². The first kappa shape index (κ1) is 12.4. The number of rotatable bonds is 2. The van der Waals surface area contributed by atoms with Gasteiger partial charge in [-0.3, -0.25) is 0 Å². The Morgan fingerprint density at radius 3 is 1.88 bits per heavy atom. The second-order valence-corrected chi connectivity index (χ2v) is 3.34. The maximum Gasteiger partial charge on any atom is 1.00 e. The van der Waals surface area contributed by atoms with Crippen molar-refractivity contribution in [2.75, 3.05) is 11.5 Å². The molecule has 0 aliphatic rings. The van der Waals surface area contributed by atoms with Gasteiger partial charge in [0.15, 0.2) is 0 Å². The monoisotopic (exact) mass is 204 g/mol. The topological polar surface area (TPSA) is 34.1 Å². The van der Waals surface area contributed by atoms with Gasteiger partial charge in [0, 0.05) is 0 Å². The molecule has 42 valence electrons. The fraction of sp³-hybridized carbons (Fsp3) is 0.500. The van der Waals surface area contributed by atoms with Gasteiger partial charge in [0.1, 0.15) is 9.84 Å². The Kier molecular flexibility index (Phi) is 8.60. The van der Waals surface area contributed by atoms with Crippen molar-refractivity contribution in [1.29, 1.82) is 0 Å². The Hall–Kier alpha value is 1.76. The van der Waals surface area contributed by atoms with Gasteiger partial charge >= 0.3 is 58.2 Å². The molecule has 0 aliphatic heterocycles. The Morgan fingerprint density at radius 2 is 1.88 bits per heavy atom. The smallest absolute Gasteiger partial charge is 0.329 e. The molecule has 0 bridgehead atoms. The van der Waals surface area contributed by atoms with E-state index in [1.165, 1.54) is 0 Å². The summed E-state index contributed by atoms with van der Waals surface area (Å²) in [6.45, 7) is 7.95. The van der Waals surface area contributed by atoms with Crippen LogP contribution in [0.3, 0.4) is 0 Å². The standard InChI is InChI=1S/C4H7O2S.Rb/c1-3-7(5,6)4-2;/h1H,2-4H2;/q-1;+1. The summed E-state index contributed by atoms with van der Waals surface area (Å²) in [7, 11) is -2.99. The van der Waals surface area contributed by atoms with Crippen molar-refractivity contribution in [2.45, 2.75) is 0 Å². The van der Waals surface area contributed by atoms with E-state index in [9.17, 15) is 8.42 Å². The maximum atomic E-state index is 10.2. The molecule has 4 heteroatoms. The summed E-state index contributed by atoms with van der Waals surface area (Å²) >= 11 is 0. The van der Waals surface area contributed by atoms with E-state index in [-0.39, 0.29) is 69.7 Å². The zero-order valence-electron chi connectivity index (χ0n) is 4.92. The van der Waals surface area contributed by atoms with Gasteiger partial charge in [-0.1, -0.05) is 5.75 Å². The van der Waals surface area contributed by atoms with Gasteiger partial charge in [-0.25, -0.2) is 8.42 Å². The van der Waals surface area contributed by atoms with Gasteiger partial charge in [-0.05, 0) is 6.92 Å². The summed E-state index contributed by atoms with van der Waals surface area (Å²) in [5.41, 5.74) is 0. The van der Waals surface area contributed by atoms with Gasteiger partial charge in [0.05, 0.1) is 5.75 Å². The molecule has 0 rings (SSSR count). The van der Waals surface area contributed by atoms with Crippen molar-refractivity contribution in [1.82, 2.24) is 0 Å². The van der Waals surface area contributed by atoms with Gasteiger partial charge in [0.2, 0.25) is 0 Å². The van der Waals surface area contributed by atoms with Crippen LogP contribution in [0.5, 0.6) is 0 Å². The largest absolute Gasteiger partial charge is 1.00 e. The summed E-state index contributed by atoms with van der Waals surface area (Å²) in [6, 6.07) is 0. The summed E-state index contributed by atoms with van der Waals surface area (Å²) in [5.74, 6) is -0.403. The number of hydrogen-bond acceptors (Lipinski definition) is 2. The predicted octanol–water partition coefficient (Wildman–Crippen LogP) is -3.05. The molecule has 0 fully saturated rings.